The summed E-state index contributed by atoms with van der Waals surface area (Å²) in [6.07, 6.45) is 1.61. The summed E-state index contributed by atoms with van der Waals surface area (Å²) in [6, 6.07) is 16.2. The molecule has 1 fully saturated rings. The fourth-order valence-electron chi connectivity index (χ4n) is 3.66. The fourth-order valence-corrected chi connectivity index (χ4v) is 4.79. The van der Waals surface area contributed by atoms with E-state index < -0.39 is 10.0 Å². The molecular formula is C22H28N2O5S. The van der Waals surface area contributed by atoms with Crippen LogP contribution in [0.2, 0.25) is 0 Å². The predicted molar refractivity (Wildman–Crippen MR) is 114 cm³/mol. The number of ether oxygens (including phenoxy) is 2. The molecule has 0 spiro atoms. The van der Waals surface area contributed by atoms with Crippen LogP contribution in [0.4, 0.5) is 0 Å². The molecule has 1 aliphatic heterocycles. The largest absolute Gasteiger partial charge is 0.497 e. The van der Waals surface area contributed by atoms with Gasteiger partial charge in [-0.3, -0.25) is 4.79 Å². The average molecular weight is 433 g/mol. The third-order valence-electron chi connectivity index (χ3n) is 5.59. The number of methoxy groups -OCH3 is 1. The predicted octanol–water partition coefficient (Wildman–Crippen LogP) is 2.18. The standard InChI is InChI=1S/C22H28N2O5S/c1-24(30(26,27)20-10-8-19(28-2)9-11-20)16-21(25)23-17-22(12-14-29-15-13-22)18-6-4-3-5-7-18/h3-11H,12-17H2,1-2H3,(H,23,25). The molecule has 0 bridgehead atoms. The third kappa shape index (κ3) is 5.00. The molecule has 1 saturated heterocycles. The van der Waals surface area contributed by atoms with E-state index in [0.717, 1.165) is 22.7 Å². The lowest BCUT2D eigenvalue weighted by Crippen LogP contribution is -2.47. The van der Waals surface area contributed by atoms with Crippen molar-refractivity contribution in [2.45, 2.75) is 23.2 Å². The molecule has 0 unspecified atom stereocenters. The number of likely N-dealkylation sites (N-methyl/N-ethyl adjacent to an activating group) is 1. The topological polar surface area (TPSA) is 84.9 Å². The van der Waals surface area contributed by atoms with E-state index in [1.54, 1.807) is 12.1 Å². The maximum absolute atomic E-state index is 12.7. The van der Waals surface area contributed by atoms with Crippen molar-refractivity contribution in [1.29, 1.82) is 0 Å². The quantitative estimate of drug-likeness (QED) is 0.691. The van der Waals surface area contributed by atoms with Crippen LogP contribution in [0.5, 0.6) is 5.75 Å². The summed E-state index contributed by atoms with van der Waals surface area (Å²) in [5.74, 6) is 0.230. The molecular weight excluding hydrogens is 404 g/mol. The normalized spacial score (nSPS) is 16.2. The van der Waals surface area contributed by atoms with Crippen LogP contribution >= 0.6 is 0 Å². The summed E-state index contributed by atoms with van der Waals surface area (Å²) in [4.78, 5) is 12.7. The first-order valence-corrected chi connectivity index (χ1v) is 11.3. The number of nitrogens with one attached hydrogen (secondary N) is 1. The molecule has 0 aromatic heterocycles. The molecule has 0 radical (unpaired) electrons. The van der Waals surface area contributed by atoms with Gasteiger partial charge in [-0.1, -0.05) is 30.3 Å². The smallest absolute Gasteiger partial charge is 0.243 e. The SMILES string of the molecule is COc1ccc(S(=O)(=O)N(C)CC(=O)NCC2(c3ccccc3)CCOCC2)cc1. The lowest BCUT2D eigenvalue weighted by Gasteiger charge is -2.38. The number of carbonyl (C=O) groups excluding carboxylic acids is 1. The Labute approximate surface area is 178 Å². The van der Waals surface area contributed by atoms with Crippen LogP contribution in [0.3, 0.4) is 0 Å². The van der Waals surface area contributed by atoms with E-state index in [0.29, 0.717) is 25.5 Å². The molecule has 162 valence electrons. The van der Waals surface area contributed by atoms with Crippen molar-refractivity contribution < 1.29 is 22.7 Å². The molecule has 1 N–H and O–H groups in total. The van der Waals surface area contributed by atoms with Crippen LogP contribution in [0.15, 0.2) is 59.5 Å². The van der Waals surface area contributed by atoms with Gasteiger partial charge in [-0.25, -0.2) is 8.42 Å². The second-order valence-electron chi connectivity index (χ2n) is 7.47. The van der Waals surface area contributed by atoms with Gasteiger partial charge >= 0.3 is 0 Å². The molecule has 7 nitrogen and oxygen atoms in total. The minimum atomic E-state index is -3.77. The number of rotatable bonds is 8. The van der Waals surface area contributed by atoms with Gasteiger partial charge < -0.3 is 14.8 Å². The third-order valence-corrected chi connectivity index (χ3v) is 7.41. The highest BCUT2D eigenvalue weighted by Gasteiger charge is 2.35. The summed E-state index contributed by atoms with van der Waals surface area (Å²) < 4.78 is 37.1. The minimum absolute atomic E-state index is 0.115. The summed E-state index contributed by atoms with van der Waals surface area (Å²) >= 11 is 0. The van der Waals surface area contributed by atoms with Gasteiger partial charge in [0.25, 0.3) is 0 Å². The fraction of sp³-hybridized carbons (Fsp3) is 0.409. The van der Waals surface area contributed by atoms with Crippen LogP contribution in [0.25, 0.3) is 0 Å². The highest BCUT2D eigenvalue weighted by atomic mass is 32.2. The summed E-state index contributed by atoms with van der Waals surface area (Å²) in [5, 5.41) is 2.94. The monoisotopic (exact) mass is 432 g/mol. The van der Waals surface area contributed by atoms with Crippen LogP contribution in [0, 0.1) is 0 Å². The number of sulfonamides is 1. The zero-order valence-electron chi connectivity index (χ0n) is 17.3. The molecule has 3 rings (SSSR count). The Hall–Kier alpha value is -2.42. The van der Waals surface area contributed by atoms with Gasteiger partial charge in [-0.05, 0) is 42.7 Å². The molecule has 2 aromatic rings. The number of carbonyl (C=O) groups is 1. The Morgan fingerprint density at radius 1 is 1.10 bits per heavy atom. The second kappa shape index (κ2) is 9.59. The Morgan fingerprint density at radius 3 is 2.33 bits per heavy atom. The van der Waals surface area contributed by atoms with Crippen molar-refractivity contribution in [2.24, 2.45) is 0 Å². The van der Waals surface area contributed by atoms with Gasteiger partial charge in [0, 0.05) is 32.2 Å². The van der Waals surface area contributed by atoms with Gasteiger partial charge in [0.05, 0.1) is 18.6 Å². The number of amides is 1. The zero-order valence-corrected chi connectivity index (χ0v) is 18.2. The molecule has 0 saturated carbocycles. The molecule has 1 amide bonds. The van der Waals surface area contributed by atoms with E-state index in [4.69, 9.17) is 9.47 Å². The van der Waals surface area contributed by atoms with Gasteiger partial charge in [-0.2, -0.15) is 4.31 Å². The molecule has 2 aromatic carbocycles. The van der Waals surface area contributed by atoms with Crippen molar-refractivity contribution in [3.8, 4) is 5.75 Å². The number of hydrogen-bond acceptors (Lipinski definition) is 5. The Bertz CT molecular complexity index is 939. The Kier molecular flexibility index (Phi) is 7.12. The number of hydrogen-bond donors (Lipinski definition) is 1. The highest BCUT2D eigenvalue weighted by Crippen LogP contribution is 2.34. The van der Waals surface area contributed by atoms with Gasteiger partial charge in [-0.15, -0.1) is 0 Å². The first kappa shape index (κ1) is 22.3. The van der Waals surface area contributed by atoms with Gasteiger partial charge in [0.2, 0.25) is 15.9 Å². The van der Waals surface area contributed by atoms with Crippen molar-refractivity contribution in [2.75, 3.05) is 40.5 Å². The maximum atomic E-state index is 12.7. The van der Waals surface area contributed by atoms with E-state index in [1.807, 2.05) is 18.2 Å². The van der Waals surface area contributed by atoms with E-state index in [1.165, 1.54) is 26.3 Å². The van der Waals surface area contributed by atoms with Crippen LogP contribution in [-0.4, -0.2) is 59.1 Å². The molecule has 30 heavy (non-hydrogen) atoms. The van der Waals surface area contributed by atoms with Crippen molar-refractivity contribution in [1.82, 2.24) is 9.62 Å². The van der Waals surface area contributed by atoms with Crippen molar-refractivity contribution >= 4 is 15.9 Å². The number of nitrogens with zero attached hydrogens (tertiary/aromatic N) is 1. The molecule has 1 aliphatic rings. The summed E-state index contributed by atoms with van der Waals surface area (Å²) in [5.41, 5.74) is 0.954. The van der Waals surface area contributed by atoms with Crippen molar-refractivity contribution in [3.63, 3.8) is 0 Å². The van der Waals surface area contributed by atoms with Crippen molar-refractivity contribution in [3.05, 3.63) is 60.2 Å². The second-order valence-corrected chi connectivity index (χ2v) is 9.52. The van der Waals surface area contributed by atoms with Crippen LogP contribution in [-0.2, 0) is 25.0 Å². The Balaban J connectivity index is 1.65. The van der Waals surface area contributed by atoms with E-state index >= 15 is 0 Å². The lowest BCUT2D eigenvalue weighted by atomic mass is 9.74. The molecule has 0 atom stereocenters. The van der Waals surface area contributed by atoms with E-state index in [-0.39, 0.29) is 22.8 Å². The maximum Gasteiger partial charge on any atom is 0.243 e. The van der Waals surface area contributed by atoms with Crippen LogP contribution < -0.4 is 10.1 Å². The molecule has 0 aliphatic carbocycles. The zero-order chi connectivity index (χ0) is 21.6. The Morgan fingerprint density at radius 2 is 1.73 bits per heavy atom. The first-order valence-electron chi connectivity index (χ1n) is 9.88. The molecule has 1 heterocycles. The average Bonchev–Trinajstić information content (AvgIpc) is 2.79. The highest BCUT2D eigenvalue weighted by molar-refractivity contribution is 7.89. The lowest BCUT2D eigenvalue weighted by molar-refractivity contribution is -0.121. The first-order chi connectivity index (χ1) is 14.4. The summed E-state index contributed by atoms with van der Waals surface area (Å²) in [6.45, 7) is 1.46. The molecule has 8 heteroatoms. The van der Waals surface area contributed by atoms with E-state index in [2.05, 4.69) is 17.4 Å². The van der Waals surface area contributed by atoms with E-state index in [9.17, 15) is 13.2 Å². The van der Waals surface area contributed by atoms with Crippen LogP contribution in [0.1, 0.15) is 18.4 Å². The number of benzene rings is 2. The van der Waals surface area contributed by atoms with Gasteiger partial charge in [0.1, 0.15) is 5.75 Å². The minimum Gasteiger partial charge on any atom is -0.497 e. The van der Waals surface area contributed by atoms with Gasteiger partial charge in [0.15, 0.2) is 0 Å². The summed E-state index contributed by atoms with van der Waals surface area (Å²) in [7, 11) is -0.855.